The molecule has 0 fully saturated rings. The van der Waals surface area contributed by atoms with Crippen LogP contribution in [-0.2, 0) is 16.6 Å². The number of nitrogens with one attached hydrogen (secondary N) is 1. The molecule has 122 valence electrons. The molecule has 4 nitrogen and oxygen atoms in total. The predicted octanol–water partition coefficient (Wildman–Crippen LogP) is 3.30. The molecule has 0 aliphatic heterocycles. The summed E-state index contributed by atoms with van der Waals surface area (Å²) in [6, 6.07) is 2.07. The van der Waals surface area contributed by atoms with Crippen LogP contribution in [0.2, 0.25) is 0 Å². The van der Waals surface area contributed by atoms with Crippen LogP contribution in [0.4, 0.5) is 0 Å². The van der Waals surface area contributed by atoms with Crippen LogP contribution in [0, 0.1) is 5.92 Å². The van der Waals surface area contributed by atoms with Crippen molar-refractivity contribution in [1.82, 2.24) is 9.62 Å². The van der Waals surface area contributed by atoms with Crippen LogP contribution < -0.4 is 5.32 Å². The summed E-state index contributed by atoms with van der Waals surface area (Å²) in [4.78, 5) is 1.36. The molecule has 1 aromatic heterocycles. The van der Waals surface area contributed by atoms with Crippen LogP contribution >= 0.6 is 11.3 Å². The van der Waals surface area contributed by atoms with Crippen LogP contribution in [-0.4, -0.2) is 31.9 Å². The SMILES string of the molecule is CCC(C)CN(CC)S(=O)(=O)c1ccsc1CNC(C)C. The highest BCUT2D eigenvalue weighted by Crippen LogP contribution is 2.26. The van der Waals surface area contributed by atoms with Gasteiger partial charge in [-0.05, 0) is 17.4 Å². The van der Waals surface area contributed by atoms with Gasteiger partial charge in [-0.3, -0.25) is 0 Å². The Morgan fingerprint density at radius 2 is 1.95 bits per heavy atom. The topological polar surface area (TPSA) is 49.4 Å². The molecule has 0 aliphatic carbocycles. The summed E-state index contributed by atoms with van der Waals surface area (Å²) in [5.74, 6) is 0.371. The quantitative estimate of drug-likeness (QED) is 0.755. The Labute approximate surface area is 133 Å². The molecule has 21 heavy (non-hydrogen) atoms. The van der Waals surface area contributed by atoms with E-state index in [-0.39, 0.29) is 0 Å². The largest absolute Gasteiger partial charge is 0.310 e. The highest BCUT2D eigenvalue weighted by Gasteiger charge is 2.27. The third-order valence-electron chi connectivity index (χ3n) is 3.56. The van der Waals surface area contributed by atoms with Gasteiger partial charge in [0.05, 0.1) is 4.90 Å². The zero-order valence-electron chi connectivity index (χ0n) is 13.7. The maximum Gasteiger partial charge on any atom is 0.244 e. The van der Waals surface area contributed by atoms with Crippen LogP contribution in [0.25, 0.3) is 0 Å². The summed E-state index contributed by atoms with van der Waals surface area (Å²) < 4.78 is 27.3. The Morgan fingerprint density at radius 1 is 1.29 bits per heavy atom. The first kappa shape index (κ1) is 18.6. The normalized spacial score (nSPS) is 14.0. The maximum atomic E-state index is 12.8. The van der Waals surface area contributed by atoms with Gasteiger partial charge in [0, 0.05) is 30.6 Å². The van der Waals surface area contributed by atoms with E-state index in [9.17, 15) is 8.42 Å². The number of nitrogens with zero attached hydrogens (tertiary/aromatic N) is 1. The molecule has 1 heterocycles. The Hall–Kier alpha value is -0.430. The van der Waals surface area contributed by atoms with Crippen LogP contribution in [0.5, 0.6) is 0 Å². The molecule has 0 aromatic carbocycles. The smallest absolute Gasteiger partial charge is 0.244 e. The minimum absolute atomic E-state index is 0.338. The highest BCUT2D eigenvalue weighted by molar-refractivity contribution is 7.89. The van der Waals surface area contributed by atoms with Gasteiger partial charge in [-0.2, -0.15) is 4.31 Å². The second-order valence-corrected chi connectivity index (χ2v) is 8.62. The zero-order valence-corrected chi connectivity index (χ0v) is 15.4. The molecule has 1 atom stereocenters. The lowest BCUT2D eigenvalue weighted by molar-refractivity contribution is 0.361. The molecule has 0 radical (unpaired) electrons. The molecule has 0 aliphatic rings. The van der Waals surface area contributed by atoms with Crippen molar-refractivity contribution in [2.75, 3.05) is 13.1 Å². The molecule has 1 rings (SSSR count). The van der Waals surface area contributed by atoms with Gasteiger partial charge < -0.3 is 5.32 Å². The van der Waals surface area contributed by atoms with Gasteiger partial charge in [-0.25, -0.2) is 8.42 Å². The van der Waals surface area contributed by atoms with Gasteiger partial charge in [-0.1, -0.05) is 41.0 Å². The molecule has 1 unspecified atom stereocenters. The van der Waals surface area contributed by atoms with Gasteiger partial charge >= 0.3 is 0 Å². The summed E-state index contributed by atoms with van der Waals surface area (Å²) in [5, 5.41) is 5.16. The van der Waals surface area contributed by atoms with Gasteiger partial charge in [0.25, 0.3) is 0 Å². The number of rotatable bonds is 9. The molecule has 0 amide bonds. The summed E-state index contributed by atoms with van der Waals surface area (Å²) in [5.41, 5.74) is 0. The Bertz CT molecular complexity index is 524. The van der Waals surface area contributed by atoms with Gasteiger partial charge in [0.2, 0.25) is 10.0 Å². The van der Waals surface area contributed by atoms with Gasteiger partial charge in [-0.15, -0.1) is 11.3 Å². The molecular formula is C15H28N2O2S2. The Morgan fingerprint density at radius 3 is 2.48 bits per heavy atom. The highest BCUT2D eigenvalue weighted by atomic mass is 32.2. The minimum Gasteiger partial charge on any atom is -0.310 e. The van der Waals surface area contributed by atoms with E-state index in [1.54, 1.807) is 10.4 Å². The molecule has 0 saturated heterocycles. The molecule has 0 spiro atoms. The van der Waals surface area contributed by atoms with Crippen molar-refractivity contribution in [3.63, 3.8) is 0 Å². The van der Waals surface area contributed by atoms with Crippen molar-refractivity contribution in [3.8, 4) is 0 Å². The van der Waals surface area contributed by atoms with Crippen LogP contribution in [0.15, 0.2) is 16.3 Å². The number of hydrogen-bond acceptors (Lipinski definition) is 4. The second kappa shape index (κ2) is 8.27. The van der Waals surface area contributed by atoms with Crippen molar-refractivity contribution >= 4 is 21.4 Å². The zero-order chi connectivity index (χ0) is 16.0. The van der Waals surface area contributed by atoms with Crippen molar-refractivity contribution in [3.05, 3.63) is 16.3 Å². The van der Waals surface area contributed by atoms with Crippen molar-refractivity contribution < 1.29 is 8.42 Å². The van der Waals surface area contributed by atoms with E-state index in [0.717, 1.165) is 11.3 Å². The van der Waals surface area contributed by atoms with Gasteiger partial charge in [0.15, 0.2) is 0 Å². The lowest BCUT2D eigenvalue weighted by atomic mass is 10.1. The Balaban J connectivity index is 2.98. The number of hydrogen-bond donors (Lipinski definition) is 1. The minimum atomic E-state index is -3.39. The van der Waals surface area contributed by atoms with E-state index in [1.165, 1.54) is 11.3 Å². The van der Waals surface area contributed by atoms with Crippen molar-refractivity contribution in [2.45, 2.75) is 58.5 Å². The fourth-order valence-corrected chi connectivity index (χ4v) is 4.93. The summed E-state index contributed by atoms with van der Waals surface area (Å²) >= 11 is 1.50. The maximum absolute atomic E-state index is 12.8. The number of sulfonamides is 1. The van der Waals surface area contributed by atoms with E-state index >= 15 is 0 Å². The monoisotopic (exact) mass is 332 g/mol. The molecular weight excluding hydrogens is 304 g/mol. The standard InChI is InChI=1S/C15H28N2O2S2/c1-6-13(5)11-17(7-2)21(18,19)15-8-9-20-14(15)10-16-12(3)4/h8-9,12-13,16H,6-7,10-11H2,1-5H3. The molecule has 1 aromatic rings. The second-order valence-electron chi connectivity index (χ2n) is 5.71. The van der Waals surface area contributed by atoms with E-state index in [0.29, 0.717) is 36.5 Å². The average molecular weight is 333 g/mol. The third kappa shape index (κ3) is 5.06. The Kier molecular flexibility index (Phi) is 7.33. The molecule has 1 N–H and O–H groups in total. The molecule has 0 saturated carbocycles. The first-order chi connectivity index (χ1) is 9.82. The fraction of sp³-hybridized carbons (Fsp3) is 0.733. The number of thiophene rings is 1. The third-order valence-corrected chi connectivity index (χ3v) is 6.63. The van der Waals surface area contributed by atoms with E-state index < -0.39 is 10.0 Å². The average Bonchev–Trinajstić information content (AvgIpc) is 2.91. The first-order valence-corrected chi connectivity index (χ1v) is 9.94. The van der Waals surface area contributed by atoms with E-state index in [1.807, 2.05) is 12.3 Å². The van der Waals surface area contributed by atoms with E-state index in [2.05, 4.69) is 33.0 Å². The fourth-order valence-electron chi connectivity index (χ4n) is 2.00. The van der Waals surface area contributed by atoms with Crippen LogP contribution in [0.1, 0.15) is 45.9 Å². The summed E-state index contributed by atoms with van der Waals surface area (Å²) in [6.07, 6.45) is 0.984. The molecule has 6 heteroatoms. The van der Waals surface area contributed by atoms with Gasteiger partial charge in [0.1, 0.15) is 0 Å². The predicted molar refractivity (Wildman–Crippen MR) is 90.2 cm³/mol. The van der Waals surface area contributed by atoms with E-state index in [4.69, 9.17) is 0 Å². The molecule has 0 bridgehead atoms. The lowest BCUT2D eigenvalue weighted by Crippen LogP contribution is -2.35. The summed E-state index contributed by atoms with van der Waals surface area (Å²) in [6.45, 7) is 11.9. The van der Waals surface area contributed by atoms with Crippen LogP contribution in [0.3, 0.4) is 0 Å². The van der Waals surface area contributed by atoms with Crippen molar-refractivity contribution in [2.24, 2.45) is 5.92 Å². The lowest BCUT2D eigenvalue weighted by Gasteiger charge is -2.23. The first-order valence-electron chi connectivity index (χ1n) is 7.62. The van der Waals surface area contributed by atoms with Crippen molar-refractivity contribution in [1.29, 1.82) is 0 Å². The summed E-state index contributed by atoms with van der Waals surface area (Å²) in [7, 11) is -3.39.